The molecule has 3 N–H and O–H groups in total. The number of hydrazine groups is 1. The molecule has 3 unspecified atom stereocenters. The van der Waals surface area contributed by atoms with E-state index in [2.05, 4.69) is 47.1 Å². The molecule has 2 heterocycles. The number of anilines is 1. The van der Waals surface area contributed by atoms with Gasteiger partial charge in [0.25, 0.3) is 5.91 Å². The zero-order valence-electron chi connectivity index (χ0n) is 12.1. The third kappa shape index (κ3) is 2.96. The molecule has 0 radical (unpaired) electrons. The van der Waals surface area contributed by atoms with E-state index in [4.69, 9.17) is 5.84 Å². The average molecular weight is 341 g/mol. The summed E-state index contributed by atoms with van der Waals surface area (Å²) in [4.78, 5) is 18.9. The van der Waals surface area contributed by atoms with Crippen molar-refractivity contribution < 1.29 is 4.79 Å². The van der Waals surface area contributed by atoms with Crippen molar-refractivity contribution in [3.63, 3.8) is 0 Å². The molecule has 1 amide bonds. The van der Waals surface area contributed by atoms with Crippen molar-refractivity contribution in [3.05, 3.63) is 22.3 Å². The first-order valence-electron chi connectivity index (χ1n) is 6.87. The molecule has 0 bridgehead atoms. The van der Waals surface area contributed by atoms with Gasteiger partial charge in [0.05, 0.1) is 5.56 Å². The van der Waals surface area contributed by atoms with E-state index < -0.39 is 0 Å². The minimum absolute atomic E-state index is 0.0161. The van der Waals surface area contributed by atoms with Crippen molar-refractivity contribution in [2.45, 2.75) is 33.2 Å². The minimum Gasteiger partial charge on any atom is -0.335 e. The van der Waals surface area contributed by atoms with E-state index >= 15 is 0 Å². The number of nitrogens with one attached hydrogen (secondary N) is 1. The Bertz CT molecular complexity index is 508. The summed E-state index contributed by atoms with van der Waals surface area (Å²) in [6, 6.07) is 1.99. The molecule has 0 spiro atoms. The van der Waals surface area contributed by atoms with Crippen LogP contribution in [0.2, 0.25) is 0 Å². The van der Waals surface area contributed by atoms with Crippen LogP contribution in [0.15, 0.2) is 16.7 Å². The second-order valence-corrected chi connectivity index (χ2v) is 6.63. The zero-order valence-corrected chi connectivity index (χ0v) is 13.6. The van der Waals surface area contributed by atoms with E-state index in [0.29, 0.717) is 23.2 Å². The SMILES string of the molecule is CC1CC(C)C(C)N(C(=O)c2cc(Br)cnc2NN)C1. The van der Waals surface area contributed by atoms with Gasteiger partial charge in [0, 0.05) is 23.3 Å². The van der Waals surface area contributed by atoms with E-state index in [1.54, 1.807) is 12.3 Å². The smallest absolute Gasteiger partial charge is 0.257 e. The second-order valence-electron chi connectivity index (χ2n) is 5.71. The van der Waals surface area contributed by atoms with E-state index in [1.807, 2.05) is 4.90 Å². The van der Waals surface area contributed by atoms with Crippen molar-refractivity contribution in [1.82, 2.24) is 9.88 Å². The Labute approximate surface area is 128 Å². The molecular weight excluding hydrogens is 320 g/mol. The quantitative estimate of drug-likeness (QED) is 0.641. The molecule has 1 saturated heterocycles. The van der Waals surface area contributed by atoms with Gasteiger partial charge in [0.1, 0.15) is 0 Å². The highest BCUT2D eigenvalue weighted by molar-refractivity contribution is 9.10. The van der Waals surface area contributed by atoms with Crippen LogP contribution >= 0.6 is 15.9 Å². The Kier molecular flexibility index (Phi) is 4.65. The first-order valence-corrected chi connectivity index (χ1v) is 7.66. The van der Waals surface area contributed by atoms with Gasteiger partial charge >= 0.3 is 0 Å². The number of nitrogen functional groups attached to an aromatic ring is 1. The normalized spacial score (nSPS) is 26.4. The number of likely N-dealkylation sites (tertiary alicyclic amines) is 1. The molecule has 1 aliphatic rings. The van der Waals surface area contributed by atoms with Crippen LogP contribution in [-0.4, -0.2) is 28.4 Å². The zero-order chi connectivity index (χ0) is 14.9. The number of carbonyl (C=O) groups excluding carboxylic acids is 1. The molecule has 1 aromatic rings. The van der Waals surface area contributed by atoms with Crippen molar-refractivity contribution in [2.75, 3.05) is 12.0 Å². The van der Waals surface area contributed by atoms with Crippen LogP contribution in [0.25, 0.3) is 0 Å². The molecule has 110 valence electrons. The fourth-order valence-corrected chi connectivity index (χ4v) is 3.19. The number of hydrogen-bond acceptors (Lipinski definition) is 4. The Morgan fingerprint density at radius 3 is 2.85 bits per heavy atom. The van der Waals surface area contributed by atoms with E-state index in [-0.39, 0.29) is 11.9 Å². The third-order valence-corrected chi connectivity index (χ3v) is 4.51. The van der Waals surface area contributed by atoms with E-state index in [0.717, 1.165) is 17.4 Å². The molecule has 1 fully saturated rings. The lowest BCUT2D eigenvalue weighted by molar-refractivity contribution is 0.0456. The standard InChI is InChI=1S/C14H21BrN4O/c1-8-4-9(2)10(3)19(7-8)14(20)12-5-11(15)6-17-13(12)18-16/h5-6,8-10H,4,7,16H2,1-3H3,(H,17,18). The number of nitrogens with zero attached hydrogens (tertiary/aromatic N) is 2. The average Bonchev–Trinajstić information content (AvgIpc) is 2.42. The topological polar surface area (TPSA) is 71.2 Å². The predicted molar refractivity (Wildman–Crippen MR) is 83.2 cm³/mol. The molecule has 1 aliphatic heterocycles. The molecule has 6 heteroatoms. The van der Waals surface area contributed by atoms with Crippen LogP contribution in [0.5, 0.6) is 0 Å². The van der Waals surface area contributed by atoms with Gasteiger partial charge in [-0.15, -0.1) is 0 Å². The summed E-state index contributed by atoms with van der Waals surface area (Å²) in [5.74, 6) is 6.87. The van der Waals surface area contributed by atoms with Crippen molar-refractivity contribution >= 4 is 27.7 Å². The highest BCUT2D eigenvalue weighted by Gasteiger charge is 2.33. The summed E-state index contributed by atoms with van der Waals surface area (Å²) in [7, 11) is 0. The van der Waals surface area contributed by atoms with Gasteiger partial charge in [-0.1, -0.05) is 13.8 Å². The molecule has 20 heavy (non-hydrogen) atoms. The summed E-state index contributed by atoms with van der Waals surface area (Å²) < 4.78 is 0.769. The van der Waals surface area contributed by atoms with E-state index in [9.17, 15) is 4.79 Å². The maximum Gasteiger partial charge on any atom is 0.257 e. The highest BCUT2D eigenvalue weighted by Crippen LogP contribution is 2.29. The third-order valence-electron chi connectivity index (χ3n) is 4.08. The van der Waals surface area contributed by atoms with Gasteiger partial charge in [-0.2, -0.15) is 0 Å². The fraction of sp³-hybridized carbons (Fsp3) is 0.571. The number of nitrogens with two attached hydrogens (primary N) is 1. The van der Waals surface area contributed by atoms with Gasteiger partial charge in [-0.25, -0.2) is 10.8 Å². The number of rotatable bonds is 2. The van der Waals surface area contributed by atoms with Crippen LogP contribution in [-0.2, 0) is 0 Å². The van der Waals surface area contributed by atoms with Gasteiger partial charge in [0.15, 0.2) is 5.82 Å². The minimum atomic E-state index is -0.0161. The monoisotopic (exact) mass is 340 g/mol. The summed E-state index contributed by atoms with van der Waals surface area (Å²) in [6.07, 6.45) is 2.78. The second kappa shape index (κ2) is 6.10. The van der Waals surface area contributed by atoms with Crippen molar-refractivity contribution in [3.8, 4) is 0 Å². The maximum absolute atomic E-state index is 12.8. The Morgan fingerprint density at radius 1 is 1.50 bits per heavy atom. The molecule has 3 atom stereocenters. The number of halogens is 1. The molecule has 0 aliphatic carbocycles. The Balaban J connectivity index is 2.32. The molecule has 0 saturated carbocycles. The summed E-state index contributed by atoms with van der Waals surface area (Å²) >= 11 is 3.35. The Hall–Kier alpha value is -1.14. The lowest BCUT2D eigenvalue weighted by Crippen LogP contribution is -2.49. The lowest BCUT2D eigenvalue weighted by Gasteiger charge is -2.41. The van der Waals surface area contributed by atoms with Crippen LogP contribution in [0.4, 0.5) is 5.82 Å². The number of piperidine rings is 1. The molecule has 5 nitrogen and oxygen atoms in total. The molecular formula is C14H21BrN4O. The van der Waals surface area contributed by atoms with Gasteiger partial charge in [0.2, 0.25) is 0 Å². The van der Waals surface area contributed by atoms with Gasteiger partial charge in [-0.3, -0.25) is 4.79 Å². The van der Waals surface area contributed by atoms with E-state index in [1.165, 1.54) is 0 Å². The van der Waals surface area contributed by atoms with Crippen LogP contribution in [0.3, 0.4) is 0 Å². The summed E-state index contributed by atoms with van der Waals surface area (Å²) in [6.45, 7) is 7.27. The summed E-state index contributed by atoms with van der Waals surface area (Å²) in [5.41, 5.74) is 3.01. The molecule has 2 rings (SSSR count). The number of pyridine rings is 1. The number of amides is 1. The van der Waals surface area contributed by atoms with Crippen LogP contribution < -0.4 is 11.3 Å². The largest absolute Gasteiger partial charge is 0.335 e. The lowest BCUT2D eigenvalue weighted by atomic mass is 9.85. The van der Waals surface area contributed by atoms with Crippen molar-refractivity contribution in [2.24, 2.45) is 17.7 Å². The highest BCUT2D eigenvalue weighted by atomic mass is 79.9. The first-order chi connectivity index (χ1) is 9.43. The number of hydrogen-bond donors (Lipinski definition) is 2. The molecule has 0 aromatic carbocycles. The first kappa shape index (κ1) is 15.3. The predicted octanol–water partition coefficient (Wildman–Crippen LogP) is 2.64. The summed E-state index contributed by atoms with van der Waals surface area (Å²) in [5, 5.41) is 0. The fourth-order valence-electron chi connectivity index (χ4n) is 2.86. The van der Waals surface area contributed by atoms with Crippen LogP contribution in [0, 0.1) is 11.8 Å². The number of aromatic nitrogens is 1. The van der Waals surface area contributed by atoms with Gasteiger partial charge in [-0.05, 0) is 47.2 Å². The van der Waals surface area contributed by atoms with Crippen molar-refractivity contribution in [1.29, 1.82) is 0 Å². The molecule has 1 aromatic heterocycles. The maximum atomic E-state index is 12.8. The van der Waals surface area contributed by atoms with Gasteiger partial charge < -0.3 is 10.3 Å². The number of carbonyl (C=O) groups is 1. The Morgan fingerprint density at radius 2 is 2.20 bits per heavy atom. The van der Waals surface area contributed by atoms with Crippen LogP contribution in [0.1, 0.15) is 37.6 Å².